The number of aromatic nitrogens is 2. The summed E-state index contributed by atoms with van der Waals surface area (Å²) in [5.74, 6) is -1.04. The molecule has 2 aromatic carbocycles. The summed E-state index contributed by atoms with van der Waals surface area (Å²) >= 11 is 12.6. The third-order valence-corrected chi connectivity index (χ3v) is 5.16. The summed E-state index contributed by atoms with van der Waals surface area (Å²) in [6.45, 7) is 2.29. The SMILES string of the molecule is Cc1nn(Cc2ccccc2Cl)c(Cl)c1/C=C/C(=O)OCc1ccc(C(N)=O)cc1. The minimum absolute atomic E-state index is 0.0701. The summed E-state index contributed by atoms with van der Waals surface area (Å²) in [5, 5.41) is 5.46. The van der Waals surface area contributed by atoms with Crippen molar-refractivity contribution in [3.63, 3.8) is 0 Å². The number of hydrogen-bond acceptors (Lipinski definition) is 4. The zero-order chi connectivity index (χ0) is 21.7. The van der Waals surface area contributed by atoms with Crippen LogP contribution in [0.15, 0.2) is 54.6 Å². The van der Waals surface area contributed by atoms with Crippen molar-refractivity contribution in [2.45, 2.75) is 20.1 Å². The fourth-order valence-corrected chi connectivity index (χ4v) is 3.26. The van der Waals surface area contributed by atoms with Crippen molar-refractivity contribution in [3.05, 3.63) is 92.7 Å². The van der Waals surface area contributed by atoms with Crippen LogP contribution < -0.4 is 5.73 Å². The Morgan fingerprint density at radius 1 is 1.13 bits per heavy atom. The van der Waals surface area contributed by atoms with Crippen molar-refractivity contribution in [1.29, 1.82) is 0 Å². The summed E-state index contributed by atoms with van der Waals surface area (Å²) < 4.78 is 6.85. The molecule has 0 aliphatic carbocycles. The van der Waals surface area contributed by atoms with E-state index in [-0.39, 0.29) is 6.61 Å². The van der Waals surface area contributed by atoms with Crippen LogP contribution in [0, 0.1) is 6.92 Å². The molecule has 0 unspecified atom stereocenters. The van der Waals surface area contributed by atoms with E-state index in [1.54, 1.807) is 48.0 Å². The molecule has 0 spiro atoms. The van der Waals surface area contributed by atoms with Gasteiger partial charge in [-0.1, -0.05) is 53.5 Å². The fourth-order valence-electron chi connectivity index (χ4n) is 2.77. The van der Waals surface area contributed by atoms with Gasteiger partial charge in [-0.2, -0.15) is 5.10 Å². The number of carbonyl (C=O) groups excluding carboxylic acids is 2. The number of nitrogens with zero attached hydrogens (tertiary/aromatic N) is 2. The number of amides is 1. The second-order valence-electron chi connectivity index (χ2n) is 6.54. The number of nitrogens with two attached hydrogens (primary N) is 1. The van der Waals surface area contributed by atoms with Gasteiger partial charge in [0, 0.05) is 22.2 Å². The third-order valence-electron chi connectivity index (χ3n) is 4.39. The Morgan fingerprint density at radius 2 is 1.83 bits per heavy atom. The normalized spacial score (nSPS) is 11.0. The second kappa shape index (κ2) is 9.61. The van der Waals surface area contributed by atoms with Crippen molar-refractivity contribution in [2.24, 2.45) is 5.73 Å². The Balaban J connectivity index is 1.64. The lowest BCUT2D eigenvalue weighted by molar-refractivity contribution is -0.138. The van der Waals surface area contributed by atoms with Crippen LogP contribution in [0.4, 0.5) is 0 Å². The molecule has 6 nitrogen and oxygen atoms in total. The van der Waals surface area contributed by atoms with Crippen LogP contribution in [-0.2, 0) is 22.7 Å². The van der Waals surface area contributed by atoms with E-state index in [0.29, 0.717) is 33.5 Å². The monoisotopic (exact) mass is 443 g/mol. The van der Waals surface area contributed by atoms with Crippen LogP contribution in [-0.4, -0.2) is 21.7 Å². The predicted octanol–water partition coefficient (Wildman–Crippen LogP) is 4.40. The molecule has 1 amide bonds. The van der Waals surface area contributed by atoms with Gasteiger partial charge in [0.1, 0.15) is 11.8 Å². The number of carbonyl (C=O) groups is 2. The molecule has 3 aromatic rings. The molecular formula is C22H19Cl2N3O3. The minimum atomic E-state index is -0.525. The number of aryl methyl sites for hydroxylation is 1. The van der Waals surface area contributed by atoms with E-state index < -0.39 is 11.9 Å². The summed E-state index contributed by atoms with van der Waals surface area (Å²) in [4.78, 5) is 23.1. The van der Waals surface area contributed by atoms with Gasteiger partial charge in [-0.3, -0.25) is 4.79 Å². The largest absolute Gasteiger partial charge is 0.458 e. The lowest BCUT2D eigenvalue weighted by atomic mass is 10.1. The van der Waals surface area contributed by atoms with Crippen LogP contribution in [0.25, 0.3) is 6.08 Å². The molecule has 2 N–H and O–H groups in total. The highest BCUT2D eigenvalue weighted by molar-refractivity contribution is 6.32. The molecule has 1 heterocycles. The van der Waals surface area contributed by atoms with Crippen molar-refractivity contribution in [3.8, 4) is 0 Å². The standard InChI is InChI=1S/C22H19Cl2N3O3/c1-14-18(21(24)27(26-14)12-17-4-2-3-5-19(17)23)10-11-20(28)30-13-15-6-8-16(9-7-15)22(25)29/h2-11H,12-13H2,1H3,(H2,25,29)/b11-10+. The molecule has 30 heavy (non-hydrogen) atoms. The van der Waals surface area contributed by atoms with E-state index in [1.807, 2.05) is 18.2 Å². The van der Waals surface area contributed by atoms with Crippen LogP contribution in [0.3, 0.4) is 0 Å². The molecule has 0 saturated heterocycles. The van der Waals surface area contributed by atoms with E-state index in [1.165, 1.54) is 6.08 Å². The maximum Gasteiger partial charge on any atom is 0.331 e. The van der Waals surface area contributed by atoms with Crippen molar-refractivity contribution in [1.82, 2.24) is 9.78 Å². The quantitative estimate of drug-likeness (QED) is 0.432. The maximum absolute atomic E-state index is 12.1. The van der Waals surface area contributed by atoms with E-state index in [2.05, 4.69) is 5.10 Å². The lowest BCUT2D eigenvalue weighted by Crippen LogP contribution is -2.10. The topological polar surface area (TPSA) is 87.2 Å². The van der Waals surface area contributed by atoms with Gasteiger partial charge in [0.2, 0.25) is 5.91 Å². The highest BCUT2D eigenvalue weighted by Crippen LogP contribution is 2.24. The molecule has 3 rings (SSSR count). The van der Waals surface area contributed by atoms with E-state index in [4.69, 9.17) is 33.7 Å². The van der Waals surface area contributed by atoms with Crippen LogP contribution in [0.1, 0.15) is 32.7 Å². The molecule has 0 atom stereocenters. The van der Waals surface area contributed by atoms with Gasteiger partial charge >= 0.3 is 5.97 Å². The molecule has 0 radical (unpaired) electrons. The number of hydrogen-bond donors (Lipinski definition) is 1. The van der Waals surface area contributed by atoms with Gasteiger partial charge in [0.05, 0.1) is 12.2 Å². The Bertz CT molecular complexity index is 1110. The van der Waals surface area contributed by atoms with Gasteiger partial charge in [0.15, 0.2) is 0 Å². The molecule has 0 bridgehead atoms. The first-order valence-electron chi connectivity index (χ1n) is 9.05. The first kappa shape index (κ1) is 21.6. The number of halogens is 2. The Labute approximate surface area is 183 Å². The molecule has 0 aliphatic rings. The van der Waals surface area contributed by atoms with E-state index in [0.717, 1.165) is 11.1 Å². The average molecular weight is 444 g/mol. The first-order chi connectivity index (χ1) is 14.3. The zero-order valence-electron chi connectivity index (χ0n) is 16.1. The molecule has 0 aliphatic heterocycles. The predicted molar refractivity (Wildman–Crippen MR) is 116 cm³/mol. The van der Waals surface area contributed by atoms with Crippen LogP contribution in [0.2, 0.25) is 10.2 Å². The molecule has 0 fully saturated rings. The molecule has 1 aromatic heterocycles. The van der Waals surface area contributed by atoms with Gasteiger partial charge in [-0.05, 0) is 42.3 Å². The van der Waals surface area contributed by atoms with Crippen LogP contribution >= 0.6 is 23.2 Å². The number of benzene rings is 2. The molecule has 154 valence electrons. The van der Waals surface area contributed by atoms with Crippen molar-refractivity contribution in [2.75, 3.05) is 0 Å². The highest BCUT2D eigenvalue weighted by atomic mass is 35.5. The van der Waals surface area contributed by atoms with Gasteiger partial charge in [0.25, 0.3) is 0 Å². The Hall–Kier alpha value is -3.09. The van der Waals surface area contributed by atoms with Gasteiger partial charge in [-0.25, -0.2) is 9.48 Å². The number of rotatable bonds is 7. The van der Waals surface area contributed by atoms with Crippen molar-refractivity contribution < 1.29 is 14.3 Å². The summed E-state index contributed by atoms with van der Waals surface area (Å²) in [5.41, 5.74) is 8.53. The number of ether oxygens (including phenoxy) is 1. The minimum Gasteiger partial charge on any atom is -0.458 e. The van der Waals surface area contributed by atoms with Crippen molar-refractivity contribution >= 4 is 41.2 Å². The smallest absolute Gasteiger partial charge is 0.331 e. The Morgan fingerprint density at radius 3 is 2.50 bits per heavy atom. The highest BCUT2D eigenvalue weighted by Gasteiger charge is 2.13. The second-order valence-corrected chi connectivity index (χ2v) is 7.31. The zero-order valence-corrected chi connectivity index (χ0v) is 17.7. The van der Waals surface area contributed by atoms with Gasteiger partial charge < -0.3 is 10.5 Å². The van der Waals surface area contributed by atoms with E-state index in [9.17, 15) is 9.59 Å². The number of esters is 1. The first-order valence-corrected chi connectivity index (χ1v) is 9.80. The lowest BCUT2D eigenvalue weighted by Gasteiger charge is -2.05. The molecule has 0 saturated carbocycles. The average Bonchev–Trinajstić information content (AvgIpc) is 2.99. The number of primary amides is 1. The summed E-state index contributed by atoms with van der Waals surface area (Å²) in [7, 11) is 0. The molecule has 8 heteroatoms. The maximum atomic E-state index is 12.1. The van der Waals surface area contributed by atoms with E-state index >= 15 is 0 Å². The van der Waals surface area contributed by atoms with Gasteiger partial charge in [-0.15, -0.1) is 0 Å². The summed E-state index contributed by atoms with van der Waals surface area (Å²) in [6.07, 6.45) is 2.87. The van der Waals surface area contributed by atoms with Crippen LogP contribution in [0.5, 0.6) is 0 Å². The molecular weight excluding hydrogens is 425 g/mol. The Kier molecular flexibility index (Phi) is 6.92. The fraction of sp³-hybridized carbons (Fsp3) is 0.136. The summed E-state index contributed by atoms with van der Waals surface area (Å²) in [6, 6.07) is 14.0. The third kappa shape index (κ3) is 5.28.